The third-order valence-corrected chi connectivity index (χ3v) is 4.00. The number of rotatable bonds is 5. The summed E-state index contributed by atoms with van der Waals surface area (Å²) in [4.78, 5) is 16.5. The van der Waals surface area contributed by atoms with Crippen LogP contribution in [-0.4, -0.2) is 16.0 Å². The van der Waals surface area contributed by atoms with Crippen molar-refractivity contribution in [3.8, 4) is 11.4 Å². The zero-order valence-electron chi connectivity index (χ0n) is 14.7. The van der Waals surface area contributed by atoms with E-state index in [1.165, 1.54) is 11.1 Å². The van der Waals surface area contributed by atoms with E-state index >= 15 is 0 Å². The molecule has 1 amide bonds. The van der Waals surface area contributed by atoms with Gasteiger partial charge in [0.15, 0.2) is 0 Å². The van der Waals surface area contributed by atoms with Crippen LogP contribution in [0.3, 0.4) is 0 Å². The highest BCUT2D eigenvalue weighted by Gasteiger charge is 2.11. The molecule has 1 N–H and O–H groups in total. The van der Waals surface area contributed by atoms with Crippen LogP contribution in [0.5, 0.6) is 0 Å². The number of hydrogen-bond donors (Lipinski definition) is 1. The predicted octanol–water partition coefficient (Wildman–Crippen LogP) is 4.23. The molecule has 0 aliphatic heterocycles. The van der Waals surface area contributed by atoms with Gasteiger partial charge in [0.25, 0.3) is 0 Å². The van der Waals surface area contributed by atoms with Crippen LogP contribution in [-0.2, 0) is 11.2 Å². The summed E-state index contributed by atoms with van der Waals surface area (Å²) in [5, 5.41) is 6.91. The van der Waals surface area contributed by atoms with E-state index in [1.807, 2.05) is 63.2 Å². The molecule has 5 nitrogen and oxygen atoms in total. The topological polar surface area (TPSA) is 68.0 Å². The lowest BCUT2D eigenvalue weighted by Gasteiger charge is -2.08. The SMILES string of the molecule is Cc1ccc(-c2noc(CCC(=O)Nc3ccc(C)cc3C)n2)cc1. The molecule has 0 saturated carbocycles. The lowest BCUT2D eigenvalue weighted by Crippen LogP contribution is -2.13. The molecular weight excluding hydrogens is 314 g/mol. The predicted molar refractivity (Wildman–Crippen MR) is 97.3 cm³/mol. The average molecular weight is 335 g/mol. The number of nitrogens with one attached hydrogen (secondary N) is 1. The molecule has 0 spiro atoms. The van der Waals surface area contributed by atoms with E-state index in [1.54, 1.807) is 0 Å². The van der Waals surface area contributed by atoms with Crippen molar-refractivity contribution >= 4 is 11.6 Å². The van der Waals surface area contributed by atoms with Crippen molar-refractivity contribution in [3.05, 3.63) is 65.0 Å². The first-order valence-electron chi connectivity index (χ1n) is 8.28. The van der Waals surface area contributed by atoms with Crippen LogP contribution in [0.4, 0.5) is 5.69 Å². The summed E-state index contributed by atoms with van der Waals surface area (Å²) in [6, 6.07) is 13.9. The molecule has 0 fully saturated rings. The first-order valence-corrected chi connectivity index (χ1v) is 8.28. The lowest BCUT2D eigenvalue weighted by atomic mass is 10.1. The van der Waals surface area contributed by atoms with Crippen LogP contribution in [0.1, 0.15) is 29.0 Å². The third-order valence-electron chi connectivity index (χ3n) is 4.00. The van der Waals surface area contributed by atoms with E-state index in [0.717, 1.165) is 16.8 Å². The van der Waals surface area contributed by atoms with Gasteiger partial charge in [0.05, 0.1) is 0 Å². The van der Waals surface area contributed by atoms with Gasteiger partial charge < -0.3 is 9.84 Å². The van der Waals surface area contributed by atoms with E-state index in [0.29, 0.717) is 24.6 Å². The van der Waals surface area contributed by atoms with Crippen LogP contribution in [0.2, 0.25) is 0 Å². The summed E-state index contributed by atoms with van der Waals surface area (Å²) >= 11 is 0. The van der Waals surface area contributed by atoms with Gasteiger partial charge in [-0.2, -0.15) is 4.98 Å². The number of carbonyl (C=O) groups is 1. The van der Waals surface area contributed by atoms with E-state index in [2.05, 4.69) is 15.5 Å². The Morgan fingerprint density at radius 1 is 1.04 bits per heavy atom. The summed E-state index contributed by atoms with van der Waals surface area (Å²) < 4.78 is 5.25. The summed E-state index contributed by atoms with van der Waals surface area (Å²) in [6.45, 7) is 6.04. The number of aromatic nitrogens is 2. The first-order chi connectivity index (χ1) is 12.0. The second kappa shape index (κ2) is 7.30. The van der Waals surface area contributed by atoms with Gasteiger partial charge >= 0.3 is 0 Å². The molecule has 3 aromatic rings. The number of anilines is 1. The Bertz CT molecular complexity index is 882. The first kappa shape index (κ1) is 16.9. The largest absolute Gasteiger partial charge is 0.339 e. The van der Waals surface area contributed by atoms with Crippen molar-refractivity contribution < 1.29 is 9.32 Å². The highest BCUT2D eigenvalue weighted by atomic mass is 16.5. The Morgan fingerprint density at radius 2 is 1.76 bits per heavy atom. The van der Waals surface area contributed by atoms with Gasteiger partial charge in [-0.3, -0.25) is 4.79 Å². The fraction of sp³-hybridized carbons (Fsp3) is 0.250. The Morgan fingerprint density at radius 3 is 2.48 bits per heavy atom. The minimum absolute atomic E-state index is 0.0676. The number of aryl methyl sites for hydroxylation is 4. The molecule has 128 valence electrons. The van der Waals surface area contributed by atoms with Crippen LogP contribution in [0.15, 0.2) is 47.0 Å². The van der Waals surface area contributed by atoms with Gasteiger partial charge in [-0.05, 0) is 32.4 Å². The normalized spacial score (nSPS) is 10.7. The minimum atomic E-state index is -0.0676. The van der Waals surface area contributed by atoms with Crippen molar-refractivity contribution in [1.29, 1.82) is 0 Å². The maximum atomic E-state index is 12.1. The maximum Gasteiger partial charge on any atom is 0.227 e. The molecule has 2 aromatic carbocycles. The number of benzene rings is 2. The van der Waals surface area contributed by atoms with Crippen molar-refractivity contribution in [2.45, 2.75) is 33.6 Å². The minimum Gasteiger partial charge on any atom is -0.339 e. The summed E-state index contributed by atoms with van der Waals surface area (Å²) in [6.07, 6.45) is 0.707. The zero-order chi connectivity index (χ0) is 17.8. The number of carbonyl (C=O) groups excluding carboxylic acids is 1. The van der Waals surface area contributed by atoms with Crippen LogP contribution in [0, 0.1) is 20.8 Å². The summed E-state index contributed by atoms with van der Waals surface area (Å²) in [7, 11) is 0. The Labute approximate surface area is 147 Å². The highest BCUT2D eigenvalue weighted by molar-refractivity contribution is 5.91. The Kier molecular flexibility index (Phi) is 4.93. The standard InChI is InChI=1S/C20H21N3O2/c1-13-4-7-16(8-5-13)20-22-19(25-23-20)11-10-18(24)21-17-9-6-14(2)12-15(17)3/h4-9,12H,10-11H2,1-3H3,(H,21,24). The molecule has 0 saturated heterocycles. The fourth-order valence-electron chi connectivity index (χ4n) is 2.56. The fourth-order valence-corrected chi connectivity index (χ4v) is 2.56. The van der Waals surface area contributed by atoms with E-state index in [-0.39, 0.29) is 5.91 Å². The molecule has 0 radical (unpaired) electrons. The second-order valence-electron chi connectivity index (χ2n) is 6.24. The van der Waals surface area contributed by atoms with E-state index in [4.69, 9.17) is 4.52 Å². The van der Waals surface area contributed by atoms with Gasteiger partial charge in [0, 0.05) is 24.1 Å². The number of amides is 1. The molecule has 0 unspecified atom stereocenters. The van der Waals surface area contributed by atoms with Gasteiger partial charge in [-0.15, -0.1) is 0 Å². The van der Waals surface area contributed by atoms with Gasteiger partial charge in [0.1, 0.15) is 0 Å². The second-order valence-corrected chi connectivity index (χ2v) is 6.24. The smallest absolute Gasteiger partial charge is 0.227 e. The van der Waals surface area contributed by atoms with Crippen molar-refractivity contribution in [2.24, 2.45) is 0 Å². The van der Waals surface area contributed by atoms with E-state index in [9.17, 15) is 4.79 Å². The molecule has 0 atom stereocenters. The number of hydrogen-bond acceptors (Lipinski definition) is 4. The molecule has 25 heavy (non-hydrogen) atoms. The van der Waals surface area contributed by atoms with E-state index < -0.39 is 0 Å². The Hall–Kier alpha value is -2.95. The maximum absolute atomic E-state index is 12.1. The summed E-state index contributed by atoms with van der Waals surface area (Å²) in [5.41, 5.74) is 5.13. The quantitative estimate of drug-likeness (QED) is 0.757. The molecule has 3 rings (SSSR count). The van der Waals surface area contributed by atoms with Crippen molar-refractivity contribution in [3.63, 3.8) is 0 Å². The lowest BCUT2D eigenvalue weighted by molar-refractivity contribution is -0.116. The molecule has 0 aliphatic carbocycles. The molecule has 1 heterocycles. The van der Waals surface area contributed by atoms with Gasteiger partial charge in [-0.25, -0.2) is 0 Å². The number of nitrogens with zero attached hydrogens (tertiary/aromatic N) is 2. The Balaban J connectivity index is 1.58. The molecular formula is C20H21N3O2. The average Bonchev–Trinajstić information content (AvgIpc) is 3.05. The zero-order valence-corrected chi connectivity index (χ0v) is 14.7. The van der Waals surface area contributed by atoms with Crippen molar-refractivity contribution in [2.75, 3.05) is 5.32 Å². The molecule has 0 bridgehead atoms. The third kappa shape index (κ3) is 4.32. The molecule has 5 heteroatoms. The van der Waals surface area contributed by atoms with Crippen LogP contribution in [0.25, 0.3) is 11.4 Å². The monoisotopic (exact) mass is 335 g/mol. The van der Waals surface area contributed by atoms with Crippen molar-refractivity contribution in [1.82, 2.24) is 10.1 Å². The van der Waals surface area contributed by atoms with Crippen LogP contribution >= 0.6 is 0 Å². The highest BCUT2D eigenvalue weighted by Crippen LogP contribution is 2.18. The van der Waals surface area contributed by atoms with Crippen LogP contribution < -0.4 is 5.32 Å². The van der Waals surface area contributed by atoms with Gasteiger partial charge in [0.2, 0.25) is 17.6 Å². The molecule has 1 aromatic heterocycles. The molecule has 0 aliphatic rings. The van der Waals surface area contributed by atoms with Gasteiger partial charge in [-0.1, -0.05) is 52.7 Å². The summed E-state index contributed by atoms with van der Waals surface area (Å²) in [5.74, 6) is 0.943.